The van der Waals surface area contributed by atoms with Gasteiger partial charge in [0, 0.05) is 4.88 Å². The molecule has 0 spiro atoms. The van der Waals surface area contributed by atoms with Crippen LogP contribution >= 0.6 is 23.1 Å². The number of nitrogens with two attached hydrogens (primary N) is 1. The maximum absolute atomic E-state index is 14.9. The van der Waals surface area contributed by atoms with Gasteiger partial charge in [0.25, 0.3) is 5.56 Å². The number of aryl methyl sites for hydroxylation is 1. The van der Waals surface area contributed by atoms with E-state index in [2.05, 4.69) is 6.92 Å². The summed E-state index contributed by atoms with van der Waals surface area (Å²) in [6, 6.07) is 15.2. The lowest BCUT2D eigenvalue weighted by Crippen LogP contribution is -2.25. The number of thioether (sulfide) groups is 1. The van der Waals surface area contributed by atoms with Crippen LogP contribution in [0.2, 0.25) is 0 Å². The van der Waals surface area contributed by atoms with E-state index in [4.69, 9.17) is 10.7 Å². The molecule has 0 aliphatic heterocycles. The van der Waals surface area contributed by atoms with Crippen LogP contribution in [0.5, 0.6) is 0 Å². The molecule has 2 aromatic carbocycles. The Bertz CT molecular complexity index is 1410. The molecule has 2 atom stereocenters. The van der Waals surface area contributed by atoms with Crippen LogP contribution in [-0.4, -0.2) is 15.5 Å². The number of carbonyl (C=O) groups excluding carboxylic acids is 1. The number of nitrogens with zero attached hydrogens (tertiary/aromatic N) is 2. The predicted octanol–water partition coefficient (Wildman–Crippen LogP) is 5.03. The lowest BCUT2D eigenvalue weighted by atomic mass is 9.89. The largest absolute Gasteiger partial charge is 0.368 e. The van der Waals surface area contributed by atoms with Gasteiger partial charge in [0.05, 0.1) is 11.1 Å². The molecule has 2 N–H and O–H groups in total. The molecule has 4 aromatic rings. The van der Waals surface area contributed by atoms with E-state index in [1.54, 1.807) is 30.3 Å². The van der Waals surface area contributed by atoms with Gasteiger partial charge in [-0.15, -0.1) is 11.3 Å². The average Bonchev–Trinajstić information content (AvgIpc) is 3.16. The summed E-state index contributed by atoms with van der Waals surface area (Å²) in [6.45, 7) is 2.21. The Kier molecular flexibility index (Phi) is 5.80. The highest BCUT2D eigenvalue weighted by molar-refractivity contribution is 8.00. The van der Waals surface area contributed by atoms with Crippen LogP contribution in [0.1, 0.15) is 34.6 Å². The molecule has 168 valence electrons. The molecule has 33 heavy (non-hydrogen) atoms. The molecule has 0 fully saturated rings. The van der Waals surface area contributed by atoms with Crippen molar-refractivity contribution in [3.8, 4) is 5.69 Å². The van der Waals surface area contributed by atoms with Gasteiger partial charge in [0.1, 0.15) is 15.9 Å². The highest BCUT2D eigenvalue weighted by atomic mass is 32.2. The molecule has 2 heterocycles. The second-order valence-corrected chi connectivity index (χ2v) is 10.5. The van der Waals surface area contributed by atoms with E-state index in [1.165, 1.54) is 26.8 Å². The molecule has 1 amide bonds. The molecular weight excluding hydrogens is 457 g/mol. The first-order valence-electron chi connectivity index (χ1n) is 10.8. The van der Waals surface area contributed by atoms with E-state index in [9.17, 15) is 14.0 Å². The van der Waals surface area contributed by atoms with Gasteiger partial charge in [0.2, 0.25) is 5.91 Å². The predicted molar refractivity (Wildman–Crippen MR) is 131 cm³/mol. The lowest BCUT2D eigenvalue weighted by molar-refractivity contribution is -0.117. The zero-order chi connectivity index (χ0) is 23.1. The van der Waals surface area contributed by atoms with Gasteiger partial charge in [-0.05, 0) is 48.4 Å². The lowest BCUT2D eigenvalue weighted by Gasteiger charge is -2.19. The summed E-state index contributed by atoms with van der Waals surface area (Å²) in [7, 11) is 0. The molecule has 5 rings (SSSR count). The van der Waals surface area contributed by atoms with Crippen molar-refractivity contribution in [2.24, 2.45) is 11.7 Å². The Morgan fingerprint density at radius 1 is 1.21 bits per heavy atom. The summed E-state index contributed by atoms with van der Waals surface area (Å²) >= 11 is 2.60. The van der Waals surface area contributed by atoms with E-state index in [0.717, 1.165) is 36.6 Å². The van der Waals surface area contributed by atoms with Crippen molar-refractivity contribution < 1.29 is 9.18 Å². The van der Waals surface area contributed by atoms with Gasteiger partial charge < -0.3 is 5.73 Å². The second kappa shape index (κ2) is 8.76. The SMILES string of the molecule is CC1CCc2c(sc3nc(SC(C(N)=O)c4ccccc4)n(-c4ccccc4F)c(=O)c23)C1. The standard InChI is InChI=1S/C25H22FN3O2S2/c1-14-11-12-16-19(13-14)32-23-20(16)24(31)29(18-10-6-5-9-17(18)26)25(28-23)33-21(22(27)30)15-7-3-2-4-8-15/h2-10,14,21H,11-13H2,1H3,(H2,27,30). The van der Waals surface area contributed by atoms with Crippen molar-refractivity contribution in [2.75, 3.05) is 0 Å². The number of para-hydroxylation sites is 1. The zero-order valence-electron chi connectivity index (χ0n) is 18.0. The highest BCUT2D eigenvalue weighted by Gasteiger charge is 2.28. The van der Waals surface area contributed by atoms with E-state index in [0.29, 0.717) is 21.7 Å². The molecule has 0 radical (unpaired) electrons. The number of thiophene rings is 1. The number of aromatic nitrogens is 2. The van der Waals surface area contributed by atoms with Crippen LogP contribution in [0.4, 0.5) is 4.39 Å². The zero-order valence-corrected chi connectivity index (χ0v) is 19.6. The van der Waals surface area contributed by atoms with E-state index >= 15 is 0 Å². The summed E-state index contributed by atoms with van der Waals surface area (Å²) in [5.41, 5.74) is 7.26. The van der Waals surface area contributed by atoms with Crippen LogP contribution in [0.25, 0.3) is 15.9 Å². The molecule has 1 aliphatic carbocycles. The van der Waals surface area contributed by atoms with Gasteiger partial charge in [-0.25, -0.2) is 9.37 Å². The fourth-order valence-corrected chi connectivity index (χ4v) is 6.80. The third kappa shape index (κ3) is 3.98. The topological polar surface area (TPSA) is 78.0 Å². The number of benzene rings is 2. The molecule has 8 heteroatoms. The third-order valence-electron chi connectivity index (χ3n) is 5.98. The number of hydrogen-bond acceptors (Lipinski definition) is 5. The van der Waals surface area contributed by atoms with Crippen molar-refractivity contribution in [3.63, 3.8) is 0 Å². The van der Waals surface area contributed by atoms with Gasteiger partial charge >= 0.3 is 0 Å². The smallest absolute Gasteiger partial charge is 0.267 e. The minimum Gasteiger partial charge on any atom is -0.368 e. The third-order valence-corrected chi connectivity index (χ3v) is 8.35. The Morgan fingerprint density at radius 3 is 2.67 bits per heavy atom. The van der Waals surface area contributed by atoms with Crippen LogP contribution < -0.4 is 11.3 Å². The van der Waals surface area contributed by atoms with Crippen LogP contribution in [0.3, 0.4) is 0 Å². The molecule has 5 nitrogen and oxygen atoms in total. The van der Waals surface area contributed by atoms with Gasteiger partial charge in [-0.2, -0.15) is 0 Å². The van der Waals surface area contributed by atoms with Crippen LogP contribution in [0, 0.1) is 11.7 Å². The summed E-state index contributed by atoms with van der Waals surface area (Å²) < 4.78 is 16.2. The second-order valence-electron chi connectivity index (χ2n) is 8.33. The number of carbonyl (C=O) groups is 1. The number of halogens is 1. The average molecular weight is 480 g/mol. The summed E-state index contributed by atoms with van der Waals surface area (Å²) in [5, 5.41) is 0.0323. The molecule has 0 saturated heterocycles. The van der Waals surface area contributed by atoms with E-state index in [1.807, 2.05) is 18.2 Å². The molecule has 0 bridgehead atoms. The van der Waals surface area contributed by atoms with Crippen LogP contribution in [-0.2, 0) is 17.6 Å². The first kappa shape index (κ1) is 21.9. The van der Waals surface area contributed by atoms with Crippen molar-refractivity contribution in [1.29, 1.82) is 0 Å². The minimum absolute atomic E-state index is 0.111. The Balaban J connectivity index is 1.75. The molecule has 2 aromatic heterocycles. The quantitative estimate of drug-likeness (QED) is 0.322. The summed E-state index contributed by atoms with van der Waals surface area (Å²) in [4.78, 5) is 32.8. The Labute approximate surface area is 198 Å². The molecule has 2 unspecified atom stereocenters. The molecule has 1 aliphatic rings. The summed E-state index contributed by atoms with van der Waals surface area (Å²) in [5.74, 6) is -0.541. The molecule has 0 saturated carbocycles. The van der Waals surface area contributed by atoms with E-state index < -0.39 is 17.0 Å². The van der Waals surface area contributed by atoms with Crippen molar-refractivity contribution in [2.45, 2.75) is 36.6 Å². The van der Waals surface area contributed by atoms with Crippen molar-refractivity contribution in [1.82, 2.24) is 9.55 Å². The maximum Gasteiger partial charge on any atom is 0.267 e. The first-order chi connectivity index (χ1) is 15.9. The number of primary amides is 1. The monoisotopic (exact) mass is 479 g/mol. The fraction of sp³-hybridized carbons (Fsp3) is 0.240. The van der Waals surface area contributed by atoms with Crippen molar-refractivity contribution >= 4 is 39.2 Å². The normalized spacial score (nSPS) is 16.5. The Hall–Kier alpha value is -2.97. The number of fused-ring (bicyclic) bond motifs is 3. The van der Waals surface area contributed by atoms with Gasteiger partial charge in [-0.3, -0.25) is 14.2 Å². The van der Waals surface area contributed by atoms with E-state index in [-0.39, 0.29) is 16.4 Å². The van der Waals surface area contributed by atoms with Crippen molar-refractivity contribution in [3.05, 3.63) is 86.8 Å². The van der Waals surface area contributed by atoms with Gasteiger partial charge in [-0.1, -0.05) is 61.2 Å². The highest BCUT2D eigenvalue weighted by Crippen LogP contribution is 2.39. The first-order valence-corrected chi connectivity index (χ1v) is 12.5. The van der Waals surface area contributed by atoms with Gasteiger partial charge in [0.15, 0.2) is 5.16 Å². The molecular formula is C25H22FN3O2S2. The minimum atomic E-state index is -0.775. The number of rotatable bonds is 5. The number of amides is 1. The van der Waals surface area contributed by atoms with Crippen LogP contribution in [0.15, 0.2) is 64.5 Å². The Morgan fingerprint density at radius 2 is 1.94 bits per heavy atom. The number of hydrogen-bond donors (Lipinski definition) is 1. The summed E-state index contributed by atoms with van der Waals surface area (Å²) in [6.07, 6.45) is 2.73. The fourth-order valence-electron chi connectivity index (χ4n) is 4.32. The maximum atomic E-state index is 14.9.